The zero-order chi connectivity index (χ0) is 15.5. The van der Waals surface area contributed by atoms with Crippen LogP contribution in [-0.4, -0.2) is 20.7 Å². The average molecular weight is 316 g/mol. The van der Waals surface area contributed by atoms with Gasteiger partial charge in [-0.05, 0) is 29.8 Å². The number of imidazole rings is 1. The monoisotopic (exact) mass is 315 g/mol. The van der Waals surface area contributed by atoms with E-state index >= 15 is 0 Å². The van der Waals surface area contributed by atoms with Gasteiger partial charge < -0.3 is 5.11 Å². The summed E-state index contributed by atoms with van der Waals surface area (Å²) in [6.07, 6.45) is 0.609. The number of aromatic nitrogens is 2. The second kappa shape index (κ2) is 6.17. The molecule has 1 heterocycles. The summed E-state index contributed by atoms with van der Waals surface area (Å²) in [5, 5.41) is 10.7. The highest BCUT2D eigenvalue weighted by molar-refractivity contribution is 6.30. The normalized spacial score (nSPS) is 12.3. The van der Waals surface area contributed by atoms with Gasteiger partial charge in [0.2, 0.25) is 5.91 Å². The van der Waals surface area contributed by atoms with Crippen molar-refractivity contribution in [1.82, 2.24) is 9.66 Å². The Morgan fingerprint density at radius 2 is 1.95 bits per heavy atom. The van der Waals surface area contributed by atoms with E-state index < -0.39 is 6.10 Å². The molecule has 0 saturated carbocycles. The molecular weight excluding hydrogens is 302 g/mol. The van der Waals surface area contributed by atoms with Gasteiger partial charge in [0, 0.05) is 5.02 Å². The lowest BCUT2D eigenvalue weighted by molar-refractivity contribution is -0.119. The Morgan fingerprint density at radius 3 is 2.73 bits per heavy atom. The van der Waals surface area contributed by atoms with Crippen LogP contribution in [0.3, 0.4) is 0 Å². The maximum absolute atomic E-state index is 12.1. The minimum atomic E-state index is -0.882. The first-order valence-corrected chi connectivity index (χ1v) is 7.17. The number of fused-ring (bicyclic) bond motifs is 1. The molecule has 2 aromatic carbocycles. The molecule has 6 heteroatoms. The molecule has 3 aromatic rings. The van der Waals surface area contributed by atoms with Crippen LogP contribution in [0.1, 0.15) is 18.1 Å². The van der Waals surface area contributed by atoms with E-state index in [4.69, 9.17) is 11.6 Å². The molecule has 1 amide bonds. The summed E-state index contributed by atoms with van der Waals surface area (Å²) in [6, 6.07) is 14.2. The van der Waals surface area contributed by atoms with Crippen LogP contribution >= 0.6 is 11.6 Å². The van der Waals surface area contributed by atoms with Gasteiger partial charge in [-0.25, -0.2) is 9.66 Å². The van der Waals surface area contributed by atoms with Crippen molar-refractivity contribution < 1.29 is 9.90 Å². The largest absolute Gasteiger partial charge is 0.388 e. The first-order chi connectivity index (χ1) is 10.6. The Morgan fingerprint density at radius 1 is 1.23 bits per heavy atom. The summed E-state index contributed by atoms with van der Waals surface area (Å²) < 4.78 is 1.55. The van der Waals surface area contributed by atoms with Crippen LogP contribution in [0, 0.1) is 0 Å². The summed E-state index contributed by atoms with van der Waals surface area (Å²) in [6.45, 7) is 0. The molecule has 0 fully saturated rings. The highest BCUT2D eigenvalue weighted by Crippen LogP contribution is 2.19. The van der Waals surface area contributed by atoms with Crippen LogP contribution in [-0.2, 0) is 4.79 Å². The topological polar surface area (TPSA) is 67.2 Å². The van der Waals surface area contributed by atoms with Crippen molar-refractivity contribution >= 4 is 28.5 Å². The van der Waals surface area contributed by atoms with Gasteiger partial charge in [-0.2, -0.15) is 0 Å². The highest BCUT2D eigenvalue weighted by Gasteiger charge is 2.14. The standard InChI is InChI=1S/C16H14ClN3O2/c17-12-7-5-11(6-8-12)15(21)9-16(22)19-20-10-18-13-3-1-2-4-14(13)20/h1-8,10,15,21H,9H2,(H,19,22). The van der Waals surface area contributed by atoms with Crippen LogP contribution in [0.25, 0.3) is 11.0 Å². The van der Waals surface area contributed by atoms with Crippen LogP contribution < -0.4 is 5.43 Å². The Bertz CT molecular complexity index is 799. The summed E-state index contributed by atoms with van der Waals surface area (Å²) in [4.78, 5) is 16.2. The lowest BCUT2D eigenvalue weighted by Crippen LogP contribution is -2.23. The number of aliphatic hydroxyl groups is 1. The number of carbonyl (C=O) groups excluding carboxylic acids is 1. The fourth-order valence-electron chi connectivity index (χ4n) is 2.21. The number of benzene rings is 2. The highest BCUT2D eigenvalue weighted by atomic mass is 35.5. The number of nitrogens with one attached hydrogen (secondary N) is 1. The van der Waals surface area contributed by atoms with Gasteiger partial charge in [-0.1, -0.05) is 35.9 Å². The van der Waals surface area contributed by atoms with E-state index in [2.05, 4.69) is 10.4 Å². The molecule has 22 heavy (non-hydrogen) atoms. The predicted octanol–water partition coefficient (Wildman–Crippen LogP) is 2.88. The van der Waals surface area contributed by atoms with Crippen molar-refractivity contribution in [2.24, 2.45) is 0 Å². The fraction of sp³-hybridized carbons (Fsp3) is 0.125. The van der Waals surface area contributed by atoms with E-state index in [-0.39, 0.29) is 12.3 Å². The zero-order valence-corrected chi connectivity index (χ0v) is 12.4. The molecule has 0 aliphatic heterocycles. The number of aliphatic hydroxyl groups excluding tert-OH is 1. The van der Waals surface area contributed by atoms with E-state index in [0.29, 0.717) is 10.6 Å². The molecular formula is C16H14ClN3O2. The molecule has 0 aliphatic rings. The SMILES string of the molecule is O=C(CC(O)c1ccc(Cl)cc1)Nn1cnc2ccccc21. The summed E-state index contributed by atoms with van der Waals surface area (Å²) in [7, 11) is 0. The number of carbonyl (C=O) groups is 1. The predicted molar refractivity (Wildman–Crippen MR) is 85.1 cm³/mol. The number of nitrogens with zero attached hydrogens (tertiary/aromatic N) is 2. The van der Waals surface area contributed by atoms with Gasteiger partial charge >= 0.3 is 0 Å². The number of hydrogen-bond acceptors (Lipinski definition) is 3. The summed E-state index contributed by atoms with van der Waals surface area (Å²) >= 11 is 5.80. The third-order valence-electron chi connectivity index (χ3n) is 3.33. The number of amides is 1. The smallest absolute Gasteiger partial charge is 0.241 e. The molecule has 1 aromatic heterocycles. The van der Waals surface area contributed by atoms with Gasteiger partial charge in [0.05, 0.1) is 23.6 Å². The van der Waals surface area contributed by atoms with Crippen molar-refractivity contribution in [3.8, 4) is 0 Å². The molecule has 0 radical (unpaired) electrons. The van der Waals surface area contributed by atoms with E-state index in [1.807, 2.05) is 24.3 Å². The van der Waals surface area contributed by atoms with Crippen molar-refractivity contribution in [2.45, 2.75) is 12.5 Å². The number of rotatable bonds is 4. The van der Waals surface area contributed by atoms with Gasteiger partial charge in [-0.3, -0.25) is 10.2 Å². The van der Waals surface area contributed by atoms with E-state index in [1.54, 1.807) is 28.9 Å². The van der Waals surface area contributed by atoms with Gasteiger partial charge in [0.15, 0.2) is 0 Å². The molecule has 0 saturated heterocycles. The number of hydrogen-bond donors (Lipinski definition) is 2. The second-order valence-corrected chi connectivity index (χ2v) is 5.35. The maximum atomic E-state index is 12.1. The molecule has 0 aliphatic carbocycles. The Balaban J connectivity index is 1.68. The minimum Gasteiger partial charge on any atom is -0.388 e. The Hall–Kier alpha value is -2.37. The first-order valence-electron chi connectivity index (χ1n) is 6.79. The van der Waals surface area contributed by atoms with Crippen molar-refractivity contribution in [3.63, 3.8) is 0 Å². The minimum absolute atomic E-state index is 0.0475. The average Bonchev–Trinajstić information content (AvgIpc) is 2.91. The van der Waals surface area contributed by atoms with Crippen LogP contribution in [0.2, 0.25) is 5.02 Å². The molecule has 5 nitrogen and oxygen atoms in total. The molecule has 3 rings (SSSR count). The summed E-state index contributed by atoms with van der Waals surface area (Å²) in [5.74, 6) is -0.300. The molecule has 0 spiro atoms. The fourth-order valence-corrected chi connectivity index (χ4v) is 2.33. The van der Waals surface area contributed by atoms with E-state index in [9.17, 15) is 9.90 Å². The quantitative estimate of drug-likeness (QED) is 0.778. The molecule has 2 N–H and O–H groups in total. The Kier molecular flexibility index (Phi) is 4.09. The Labute approximate surface area is 132 Å². The molecule has 1 unspecified atom stereocenters. The van der Waals surface area contributed by atoms with E-state index in [1.165, 1.54) is 6.33 Å². The van der Waals surface area contributed by atoms with Crippen molar-refractivity contribution in [2.75, 3.05) is 5.43 Å². The lowest BCUT2D eigenvalue weighted by Gasteiger charge is -2.12. The molecule has 112 valence electrons. The van der Waals surface area contributed by atoms with E-state index in [0.717, 1.165) is 11.0 Å². The maximum Gasteiger partial charge on any atom is 0.241 e. The summed E-state index contributed by atoms with van der Waals surface area (Å²) in [5.41, 5.74) is 4.95. The number of halogens is 1. The first kappa shape index (κ1) is 14.6. The zero-order valence-electron chi connectivity index (χ0n) is 11.6. The van der Waals surface area contributed by atoms with Crippen LogP contribution in [0.5, 0.6) is 0 Å². The van der Waals surface area contributed by atoms with Gasteiger partial charge in [0.1, 0.15) is 6.33 Å². The molecule has 0 bridgehead atoms. The lowest BCUT2D eigenvalue weighted by atomic mass is 10.1. The second-order valence-electron chi connectivity index (χ2n) is 4.91. The van der Waals surface area contributed by atoms with Crippen LogP contribution in [0.15, 0.2) is 54.9 Å². The van der Waals surface area contributed by atoms with Crippen molar-refractivity contribution in [1.29, 1.82) is 0 Å². The van der Waals surface area contributed by atoms with Gasteiger partial charge in [-0.15, -0.1) is 0 Å². The number of para-hydroxylation sites is 2. The van der Waals surface area contributed by atoms with Crippen LogP contribution in [0.4, 0.5) is 0 Å². The molecule has 1 atom stereocenters. The van der Waals surface area contributed by atoms with Crippen molar-refractivity contribution in [3.05, 3.63) is 65.4 Å². The third kappa shape index (κ3) is 3.10. The third-order valence-corrected chi connectivity index (χ3v) is 3.58. The van der Waals surface area contributed by atoms with Gasteiger partial charge in [0.25, 0.3) is 0 Å².